The molecule has 0 amide bonds. The minimum absolute atomic E-state index is 0.106. The van der Waals surface area contributed by atoms with Gasteiger partial charge < -0.3 is 9.84 Å². The van der Waals surface area contributed by atoms with Crippen molar-refractivity contribution in [3.05, 3.63) is 28.2 Å². The van der Waals surface area contributed by atoms with Gasteiger partial charge in [-0.2, -0.15) is 0 Å². The molecule has 14 heavy (non-hydrogen) atoms. The van der Waals surface area contributed by atoms with Crippen LogP contribution in [0.25, 0.3) is 0 Å². The molecule has 2 nitrogen and oxygen atoms in total. The lowest BCUT2D eigenvalue weighted by Gasteiger charge is -2.15. The fourth-order valence-electron chi connectivity index (χ4n) is 1.31. The molecule has 0 aliphatic rings. The zero-order valence-corrected chi connectivity index (χ0v) is 10.0. The first-order valence-corrected chi connectivity index (χ1v) is 5.52. The quantitative estimate of drug-likeness (QED) is 0.900. The number of benzene rings is 1. The number of ether oxygens (including phenoxy) is 1. The normalized spacial score (nSPS) is 12.6. The van der Waals surface area contributed by atoms with Crippen molar-refractivity contribution in [3.63, 3.8) is 0 Å². The Bertz CT molecular complexity index is 299. The standard InChI is InChI=1S/C11H15BrO2/c1-3-14-11-9(8(2)7-13)5-4-6-10(11)12/h4-6,8,13H,3,7H2,1-2H3. The first-order chi connectivity index (χ1) is 6.70. The molecule has 1 N–H and O–H groups in total. The largest absolute Gasteiger partial charge is 0.492 e. The summed E-state index contributed by atoms with van der Waals surface area (Å²) in [5.74, 6) is 0.950. The molecule has 1 rings (SSSR count). The van der Waals surface area contributed by atoms with Gasteiger partial charge in [0.05, 0.1) is 11.1 Å². The lowest BCUT2D eigenvalue weighted by molar-refractivity contribution is 0.266. The van der Waals surface area contributed by atoms with Crippen molar-refractivity contribution in [2.45, 2.75) is 19.8 Å². The van der Waals surface area contributed by atoms with E-state index in [4.69, 9.17) is 9.84 Å². The highest BCUT2D eigenvalue weighted by molar-refractivity contribution is 9.10. The minimum atomic E-state index is 0.106. The third-order valence-corrected chi connectivity index (χ3v) is 2.72. The molecule has 0 bridgehead atoms. The van der Waals surface area contributed by atoms with Gasteiger partial charge >= 0.3 is 0 Å². The molecule has 0 saturated heterocycles. The van der Waals surface area contributed by atoms with E-state index in [1.807, 2.05) is 32.0 Å². The van der Waals surface area contributed by atoms with E-state index in [2.05, 4.69) is 15.9 Å². The second-order valence-corrected chi connectivity index (χ2v) is 4.03. The van der Waals surface area contributed by atoms with Crippen molar-refractivity contribution in [1.82, 2.24) is 0 Å². The zero-order valence-electron chi connectivity index (χ0n) is 8.46. The lowest BCUT2D eigenvalue weighted by atomic mass is 10.0. The minimum Gasteiger partial charge on any atom is -0.492 e. The highest BCUT2D eigenvalue weighted by atomic mass is 79.9. The summed E-state index contributed by atoms with van der Waals surface area (Å²) in [6.07, 6.45) is 0. The number of halogens is 1. The number of aliphatic hydroxyl groups excluding tert-OH is 1. The summed E-state index contributed by atoms with van der Waals surface area (Å²) in [4.78, 5) is 0. The molecule has 0 radical (unpaired) electrons. The molecule has 78 valence electrons. The molecule has 0 saturated carbocycles. The Labute approximate surface area is 93.0 Å². The first kappa shape index (κ1) is 11.5. The van der Waals surface area contributed by atoms with E-state index in [1.165, 1.54) is 0 Å². The average molecular weight is 259 g/mol. The molecule has 1 unspecified atom stereocenters. The molecule has 3 heteroatoms. The van der Waals surface area contributed by atoms with E-state index >= 15 is 0 Å². The topological polar surface area (TPSA) is 29.5 Å². The first-order valence-electron chi connectivity index (χ1n) is 4.72. The van der Waals surface area contributed by atoms with Crippen LogP contribution < -0.4 is 4.74 Å². The van der Waals surface area contributed by atoms with Gasteiger partial charge in [-0.1, -0.05) is 19.1 Å². The Morgan fingerprint density at radius 3 is 2.79 bits per heavy atom. The van der Waals surface area contributed by atoms with Crippen LogP contribution in [0.15, 0.2) is 22.7 Å². The van der Waals surface area contributed by atoms with Gasteiger partial charge in [0, 0.05) is 18.1 Å². The molecule has 0 spiro atoms. The van der Waals surface area contributed by atoms with Crippen LogP contribution in [0.2, 0.25) is 0 Å². The summed E-state index contributed by atoms with van der Waals surface area (Å²) in [5, 5.41) is 9.10. The van der Waals surface area contributed by atoms with Crippen molar-refractivity contribution in [3.8, 4) is 5.75 Å². The lowest BCUT2D eigenvalue weighted by Crippen LogP contribution is -2.04. The monoisotopic (exact) mass is 258 g/mol. The zero-order chi connectivity index (χ0) is 10.6. The van der Waals surface area contributed by atoms with Crippen molar-refractivity contribution >= 4 is 15.9 Å². The molecule has 0 aliphatic heterocycles. The highest BCUT2D eigenvalue weighted by Gasteiger charge is 2.12. The summed E-state index contributed by atoms with van der Waals surface area (Å²) in [7, 11) is 0. The van der Waals surface area contributed by atoms with E-state index in [0.717, 1.165) is 15.8 Å². The number of para-hydroxylation sites is 1. The van der Waals surface area contributed by atoms with Crippen LogP contribution in [0, 0.1) is 0 Å². The number of hydrogen-bond donors (Lipinski definition) is 1. The van der Waals surface area contributed by atoms with Crippen LogP contribution in [-0.2, 0) is 0 Å². The van der Waals surface area contributed by atoms with E-state index in [-0.39, 0.29) is 12.5 Å². The summed E-state index contributed by atoms with van der Waals surface area (Å²) in [6.45, 7) is 4.70. The molecule has 0 aliphatic carbocycles. The van der Waals surface area contributed by atoms with Gasteiger partial charge in [-0.15, -0.1) is 0 Å². The van der Waals surface area contributed by atoms with Gasteiger partial charge in [-0.05, 0) is 28.9 Å². The van der Waals surface area contributed by atoms with E-state index in [1.54, 1.807) is 0 Å². The van der Waals surface area contributed by atoms with Gasteiger partial charge in [0.25, 0.3) is 0 Å². The second kappa shape index (κ2) is 5.37. The Balaban J connectivity index is 3.07. The fraction of sp³-hybridized carbons (Fsp3) is 0.455. The maximum Gasteiger partial charge on any atom is 0.136 e. The number of aliphatic hydroxyl groups is 1. The summed E-state index contributed by atoms with van der Waals surface area (Å²) < 4.78 is 6.47. The van der Waals surface area contributed by atoms with E-state index in [9.17, 15) is 0 Å². The van der Waals surface area contributed by atoms with Crippen LogP contribution >= 0.6 is 15.9 Å². The van der Waals surface area contributed by atoms with Crippen LogP contribution in [0.4, 0.5) is 0 Å². The highest BCUT2D eigenvalue weighted by Crippen LogP contribution is 2.33. The van der Waals surface area contributed by atoms with Gasteiger partial charge in [0.1, 0.15) is 5.75 Å². The van der Waals surface area contributed by atoms with Crippen LogP contribution in [0.5, 0.6) is 5.75 Å². The third-order valence-electron chi connectivity index (χ3n) is 2.09. The van der Waals surface area contributed by atoms with Gasteiger partial charge in [0.2, 0.25) is 0 Å². The maximum absolute atomic E-state index is 9.10. The molecular weight excluding hydrogens is 244 g/mol. The summed E-state index contributed by atoms with van der Waals surface area (Å²) in [6, 6.07) is 5.88. The van der Waals surface area contributed by atoms with Crippen molar-refractivity contribution in [2.75, 3.05) is 13.2 Å². The van der Waals surface area contributed by atoms with Crippen molar-refractivity contribution < 1.29 is 9.84 Å². The predicted molar refractivity (Wildman–Crippen MR) is 60.8 cm³/mol. The van der Waals surface area contributed by atoms with Gasteiger partial charge in [0.15, 0.2) is 0 Å². The Morgan fingerprint density at radius 2 is 2.21 bits per heavy atom. The molecule has 0 heterocycles. The van der Waals surface area contributed by atoms with Crippen molar-refractivity contribution in [2.24, 2.45) is 0 Å². The van der Waals surface area contributed by atoms with Gasteiger partial charge in [-0.3, -0.25) is 0 Å². The third kappa shape index (κ3) is 2.49. The van der Waals surface area contributed by atoms with Crippen LogP contribution in [-0.4, -0.2) is 18.3 Å². The molecule has 1 aromatic carbocycles. The van der Waals surface area contributed by atoms with Gasteiger partial charge in [-0.25, -0.2) is 0 Å². The average Bonchev–Trinajstić information content (AvgIpc) is 2.20. The van der Waals surface area contributed by atoms with E-state index < -0.39 is 0 Å². The Kier molecular flexibility index (Phi) is 4.42. The Hall–Kier alpha value is -0.540. The Morgan fingerprint density at radius 1 is 1.50 bits per heavy atom. The molecule has 0 aromatic heterocycles. The summed E-state index contributed by atoms with van der Waals surface area (Å²) in [5.41, 5.74) is 1.05. The van der Waals surface area contributed by atoms with Crippen LogP contribution in [0.1, 0.15) is 25.3 Å². The smallest absolute Gasteiger partial charge is 0.136 e. The molecule has 0 fully saturated rings. The number of hydrogen-bond acceptors (Lipinski definition) is 2. The summed E-state index contributed by atoms with van der Waals surface area (Å²) >= 11 is 3.44. The fourth-order valence-corrected chi connectivity index (χ4v) is 1.80. The molecular formula is C11H15BrO2. The van der Waals surface area contributed by atoms with Crippen molar-refractivity contribution in [1.29, 1.82) is 0 Å². The molecule has 1 atom stereocenters. The van der Waals surface area contributed by atoms with E-state index in [0.29, 0.717) is 6.61 Å². The number of rotatable bonds is 4. The maximum atomic E-state index is 9.10. The van der Waals surface area contributed by atoms with Crippen LogP contribution in [0.3, 0.4) is 0 Å². The second-order valence-electron chi connectivity index (χ2n) is 3.17. The predicted octanol–water partition coefficient (Wildman–Crippen LogP) is 2.94. The SMILES string of the molecule is CCOc1c(Br)cccc1C(C)CO. The molecule has 1 aromatic rings.